The monoisotopic (exact) mass is 454 g/mol. The maximum absolute atomic E-state index is 11.7. The SMILES string of the molecule is CO[C@@H]1O[C@@H](O[C@@H]2O[C@H](CO)[C@@H](O)[C@H](O)[C@H]2O)[C@H]2[C@](O)([C@H](O)C[C@]2(C)OC(C)=O)[C@H]1O. The zero-order valence-electron chi connectivity index (χ0n) is 17.3. The molecule has 12 atom stereocenters. The highest BCUT2D eigenvalue weighted by molar-refractivity contribution is 5.66. The van der Waals surface area contributed by atoms with Crippen LogP contribution in [0, 0.1) is 5.92 Å². The van der Waals surface area contributed by atoms with Crippen LogP contribution in [0.1, 0.15) is 20.3 Å². The maximum atomic E-state index is 11.7. The Morgan fingerprint density at radius 2 is 1.68 bits per heavy atom. The lowest BCUT2D eigenvalue weighted by Gasteiger charge is -2.51. The highest BCUT2D eigenvalue weighted by Gasteiger charge is 2.72. The number of hydrogen-bond donors (Lipinski definition) is 7. The third-order valence-corrected chi connectivity index (χ3v) is 6.29. The fourth-order valence-electron chi connectivity index (χ4n) is 4.80. The molecule has 1 aliphatic carbocycles. The van der Waals surface area contributed by atoms with Crippen molar-refractivity contribution < 1.29 is 64.2 Å². The van der Waals surface area contributed by atoms with Gasteiger partial charge in [0.1, 0.15) is 41.7 Å². The largest absolute Gasteiger partial charge is 0.459 e. The minimum Gasteiger partial charge on any atom is -0.459 e. The Kier molecular flexibility index (Phi) is 6.97. The lowest BCUT2D eigenvalue weighted by molar-refractivity contribution is -0.413. The molecule has 2 aliphatic heterocycles. The highest BCUT2D eigenvalue weighted by atomic mass is 16.8. The van der Waals surface area contributed by atoms with Gasteiger partial charge in [0.15, 0.2) is 18.9 Å². The van der Waals surface area contributed by atoms with Crippen LogP contribution in [0.15, 0.2) is 0 Å². The number of methoxy groups -OCH3 is 1. The number of aliphatic hydroxyl groups is 7. The second-order valence-electron chi connectivity index (χ2n) is 8.38. The number of ether oxygens (including phenoxy) is 5. The van der Waals surface area contributed by atoms with Crippen LogP contribution in [0.5, 0.6) is 0 Å². The predicted octanol–water partition coefficient (Wildman–Crippen LogP) is -4.07. The zero-order valence-corrected chi connectivity index (χ0v) is 17.3. The summed E-state index contributed by atoms with van der Waals surface area (Å²) in [5, 5.41) is 72.1. The number of esters is 1. The van der Waals surface area contributed by atoms with Gasteiger partial charge in [-0.05, 0) is 6.92 Å². The number of carbonyl (C=O) groups excluding carboxylic acids is 1. The van der Waals surface area contributed by atoms with Crippen molar-refractivity contribution in [3.05, 3.63) is 0 Å². The number of rotatable bonds is 5. The van der Waals surface area contributed by atoms with Gasteiger partial charge in [-0.15, -0.1) is 0 Å². The summed E-state index contributed by atoms with van der Waals surface area (Å²) in [6, 6.07) is 0. The molecule has 0 aromatic heterocycles. The molecule has 2 heterocycles. The molecule has 2 saturated heterocycles. The number of fused-ring (bicyclic) bond motifs is 1. The van der Waals surface area contributed by atoms with Crippen LogP contribution in [0.3, 0.4) is 0 Å². The van der Waals surface area contributed by atoms with E-state index in [1.54, 1.807) is 0 Å². The first-order valence-electron chi connectivity index (χ1n) is 9.83. The lowest BCUT2D eigenvalue weighted by atomic mass is 9.76. The summed E-state index contributed by atoms with van der Waals surface area (Å²) in [6.45, 7) is 1.83. The van der Waals surface area contributed by atoms with Gasteiger partial charge in [0.2, 0.25) is 0 Å². The summed E-state index contributed by atoms with van der Waals surface area (Å²) >= 11 is 0. The van der Waals surface area contributed by atoms with Crippen molar-refractivity contribution in [3.63, 3.8) is 0 Å². The maximum Gasteiger partial charge on any atom is 0.303 e. The zero-order chi connectivity index (χ0) is 23.3. The molecule has 3 fully saturated rings. The van der Waals surface area contributed by atoms with Crippen LogP contribution in [-0.4, -0.2) is 122 Å². The molecule has 0 aromatic carbocycles. The Bertz CT molecular complexity index is 660. The Hall–Kier alpha value is -0.970. The van der Waals surface area contributed by atoms with Gasteiger partial charge >= 0.3 is 5.97 Å². The molecule has 13 heteroatoms. The molecule has 0 radical (unpaired) electrons. The van der Waals surface area contributed by atoms with Crippen LogP contribution >= 0.6 is 0 Å². The van der Waals surface area contributed by atoms with Crippen molar-refractivity contribution in [2.24, 2.45) is 5.92 Å². The van der Waals surface area contributed by atoms with Gasteiger partial charge in [0.25, 0.3) is 0 Å². The Morgan fingerprint density at radius 1 is 1.03 bits per heavy atom. The first-order chi connectivity index (χ1) is 14.4. The molecule has 180 valence electrons. The fourth-order valence-corrected chi connectivity index (χ4v) is 4.80. The van der Waals surface area contributed by atoms with Gasteiger partial charge in [0, 0.05) is 20.5 Å². The molecule has 0 bridgehead atoms. The molecular weight excluding hydrogens is 424 g/mol. The Balaban J connectivity index is 1.96. The predicted molar refractivity (Wildman–Crippen MR) is 95.8 cm³/mol. The molecule has 0 amide bonds. The molecule has 7 N–H and O–H groups in total. The first-order valence-corrected chi connectivity index (χ1v) is 9.83. The molecule has 3 rings (SSSR count). The van der Waals surface area contributed by atoms with E-state index in [1.165, 1.54) is 14.0 Å². The van der Waals surface area contributed by atoms with E-state index in [-0.39, 0.29) is 6.42 Å². The van der Waals surface area contributed by atoms with E-state index in [4.69, 9.17) is 23.7 Å². The van der Waals surface area contributed by atoms with Crippen LogP contribution in [-0.2, 0) is 28.5 Å². The standard InChI is InChI=1S/C18H30O13/c1-6(20)31-17(2)4-8(21)18(26)12(17)15(30-16(27-3)13(18)25)29-14-11(24)10(23)9(22)7(5-19)28-14/h7-16,19,21-26H,4-5H2,1-3H3/t7-,8-,9-,10+,11-,12-,13+,14+,15-,16-,17+,18-/m1/s1. The quantitative estimate of drug-likeness (QED) is 0.198. The molecule has 13 nitrogen and oxygen atoms in total. The minimum absolute atomic E-state index is 0.279. The number of hydrogen-bond acceptors (Lipinski definition) is 13. The van der Waals surface area contributed by atoms with E-state index in [9.17, 15) is 40.5 Å². The van der Waals surface area contributed by atoms with Crippen molar-refractivity contribution in [2.45, 2.75) is 87.0 Å². The normalized spacial score (nSPS) is 52.6. The molecular formula is C18H30O13. The van der Waals surface area contributed by atoms with Gasteiger partial charge in [0.05, 0.1) is 18.6 Å². The van der Waals surface area contributed by atoms with Gasteiger partial charge in [-0.2, -0.15) is 0 Å². The van der Waals surface area contributed by atoms with Crippen molar-refractivity contribution in [2.75, 3.05) is 13.7 Å². The first kappa shape index (κ1) is 24.7. The second-order valence-corrected chi connectivity index (χ2v) is 8.38. The highest BCUT2D eigenvalue weighted by Crippen LogP contribution is 2.53. The van der Waals surface area contributed by atoms with Crippen LogP contribution in [0.2, 0.25) is 0 Å². The molecule has 1 saturated carbocycles. The summed E-state index contributed by atoms with van der Waals surface area (Å²) in [5.41, 5.74) is -3.87. The molecule has 0 spiro atoms. The summed E-state index contributed by atoms with van der Waals surface area (Å²) in [7, 11) is 1.18. The topological polar surface area (TPSA) is 205 Å². The van der Waals surface area contributed by atoms with Gasteiger partial charge in [-0.1, -0.05) is 0 Å². The average molecular weight is 454 g/mol. The number of carbonyl (C=O) groups is 1. The minimum atomic E-state index is -2.30. The summed E-state index contributed by atoms with van der Waals surface area (Å²) in [6.07, 6.45) is -14.8. The summed E-state index contributed by atoms with van der Waals surface area (Å²) in [5.74, 6) is -2.11. The van der Waals surface area contributed by atoms with E-state index in [2.05, 4.69) is 0 Å². The molecule has 0 aromatic rings. The van der Waals surface area contributed by atoms with Crippen LogP contribution in [0.4, 0.5) is 0 Å². The Labute approximate surface area is 177 Å². The van der Waals surface area contributed by atoms with Crippen LogP contribution < -0.4 is 0 Å². The van der Waals surface area contributed by atoms with E-state index in [0.29, 0.717) is 0 Å². The van der Waals surface area contributed by atoms with Gasteiger partial charge in [-0.25, -0.2) is 0 Å². The van der Waals surface area contributed by atoms with E-state index in [1.807, 2.05) is 0 Å². The van der Waals surface area contributed by atoms with E-state index in [0.717, 1.165) is 6.92 Å². The summed E-state index contributed by atoms with van der Waals surface area (Å²) in [4.78, 5) is 11.7. The van der Waals surface area contributed by atoms with Crippen molar-refractivity contribution in [3.8, 4) is 0 Å². The van der Waals surface area contributed by atoms with Gasteiger partial charge in [-0.3, -0.25) is 4.79 Å². The molecule has 0 unspecified atom stereocenters. The smallest absolute Gasteiger partial charge is 0.303 e. The molecule has 31 heavy (non-hydrogen) atoms. The molecule has 3 aliphatic rings. The third-order valence-electron chi connectivity index (χ3n) is 6.29. The van der Waals surface area contributed by atoms with Crippen molar-refractivity contribution in [1.29, 1.82) is 0 Å². The number of aliphatic hydroxyl groups excluding tert-OH is 6. The van der Waals surface area contributed by atoms with Crippen molar-refractivity contribution >= 4 is 5.97 Å². The van der Waals surface area contributed by atoms with Gasteiger partial charge < -0.3 is 59.4 Å². The van der Waals surface area contributed by atoms with E-state index < -0.39 is 85.2 Å². The van der Waals surface area contributed by atoms with Crippen molar-refractivity contribution in [1.82, 2.24) is 0 Å². The fraction of sp³-hybridized carbons (Fsp3) is 0.944. The van der Waals surface area contributed by atoms with E-state index >= 15 is 0 Å². The lowest BCUT2D eigenvalue weighted by Crippen LogP contribution is -2.69. The average Bonchev–Trinajstić information content (AvgIpc) is 2.90. The van der Waals surface area contributed by atoms with Crippen LogP contribution in [0.25, 0.3) is 0 Å². The Morgan fingerprint density at radius 3 is 2.23 bits per heavy atom. The second kappa shape index (κ2) is 8.76. The third kappa shape index (κ3) is 3.98. The summed E-state index contributed by atoms with van der Waals surface area (Å²) < 4.78 is 26.9.